The summed E-state index contributed by atoms with van der Waals surface area (Å²) >= 11 is 0. The van der Waals surface area contributed by atoms with E-state index in [1.807, 2.05) is 26.0 Å². The number of ketones is 1. The average Bonchev–Trinajstić information content (AvgIpc) is 3.23. The zero-order valence-corrected chi connectivity index (χ0v) is 26.1. The Labute approximate surface area is 311 Å². The molecule has 0 spiro atoms. The Morgan fingerprint density at radius 3 is 1.46 bits per heavy atom. The van der Waals surface area contributed by atoms with Crippen molar-refractivity contribution in [2.24, 2.45) is 11.8 Å². The summed E-state index contributed by atoms with van der Waals surface area (Å²) in [5.74, 6) is 1.08. The third-order valence-corrected chi connectivity index (χ3v) is 5.12. The third-order valence-electron chi connectivity index (χ3n) is 5.12. The van der Waals surface area contributed by atoms with Crippen molar-refractivity contribution in [3.05, 3.63) is 12.2 Å². The first-order chi connectivity index (χ1) is 17.8. The summed E-state index contributed by atoms with van der Waals surface area (Å²) in [6.07, 6.45) is 13.8. The fourth-order valence-corrected chi connectivity index (χ4v) is 2.89. The maximum Gasteiger partial charge on any atom is 0.307 e. The molecule has 0 aromatic rings. The zero-order valence-electron chi connectivity index (χ0n) is 26.1. The van der Waals surface area contributed by atoms with Gasteiger partial charge in [-0.2, -0.15) is 0 Å². The van der Waals surface area contributed by atoms with E-state index in [9.17, 15) is 9.59 Å². The van der Waals surface area contributed by atoms with Gasteiger partial charge in [0.2, 0.25) is 0 Å². The van der Waals surface area contributed by atoms with E-state index < -0.39 is 0 Å². The molecule has 1 saturated carbocycles. The number of hydrogen-bond donors (Lipinski definition) is 0. The van der Waals surface area contributed by atoms with Gasteiger partial charge in [-0.3, -0.25) is 9.59 Å². The van der Waals surface area contributed by atoms with Crippen LogP contribution in [0.25, 0.3) is 0 Å². The summed E-state index contributed by atoms with van der Waals surface area (Å²) in [7, 11) is 4.87. The van der Waals surface area contributed by atoms with E-state index in [4.69, 9.17) is 14.2 Å². The number of carbonyl (C=O) groups excluding carboxylic acids is 2. The molecule has 0 aromatic heterocycles. The maximum absolute atomic E-state index is 11.4. The monoisotopic (exact) mass is 711 g/mol. The summed E-state index contributed by atoms with van der Waals surface area (Å²) in [5.41, 5.74) is 0. The number of allylic oxidation sites excluding steroid dienone is 1. The second-order valence-corrected chi connectivity index (χ2v) is 8.56. The van der Waals surface area contributed by atoms with E-state index in [1.54, 1.807) is 21.1 Å². The van der Waals surface area contributed by atoms with Crippen LogP contribution in [0.1, 0.15) is 188 Å². The smallest absolute Gasteiger partial charge is 0.307 e. The van der Waals surface area contributed by atoms with E-state index in [-0.39, 0.29) is 94.5 Å². The minimum atomic E-state index is -0.230. The zero-order chi connectivity index (χ0) is 29.2. The minimum absolute atomic E-state index is 0. The fraction of sp³-hybridized carbons (Fsp3) is 0.902. The molecule has 0 radical (unpaired) electrons. The number of rotatable bonds is 14. The molecule has 0 saturated heterocycles. The van der Waals surface area contributed by atoms with Crippen LogP contribution in [0, 0.1) is 11.8 Å². The predicted octanol–water partition coefficient (Wildman–Crippen LogP) is 14.4. The maximum atomic E-state index is 11.4. The highest BCUT2D eigenvalue weighted by Gasteiger charge is 2.29. The predicted molar refractivity (Wildman–Crippen MR) is 229 cm³/mol. The molecule has 0 amide bonds. The molecule has 0 N–H and O–H groups in total. The van der Waals surface area contributed by atoms with E-state index in [1.165, 1.54) is 32.8 Å². The van der Waals surface area contributed by atoms with Crippen LogP contribution in [-0.2, 0) is 33.3 Å². The summed E-state index contributed by atoms with van der Waals surface area (Å²) in [6.45, 7) is 17.7. The molecule has 1 rings (SSSR count). The highest BCUT2D eigenvalue weighted by atomic mass is 16.7. The number of ether oxygens (including phenoxy) is 5. The van der Waals surface area contributed by atoms with Gasteiger partial charge < -0.3 is 23.7 Å². The van der Waals surface area contributed by atoms with E-state index >= 15 is 0 Å². The van der Waals surface area contributed by atoms with Gasteiger partial charge in [0, 0.05) is 59.4 Å². The Balaban J connectivity index is -0.0000000211. The topological polar surface area (TPSA) is 80.3 Å². The van der Waals surface area contributed by atoms with Crippen LogP contribution in [-0.4, -0.2) is 66.3 Å². The molecular formula is C41H106O7. The van der Waals surface area contributed by atoms with Crippen molar-refractivity contribution in [2.75, 3.05) is 54.5 Å². The van der Waals surface area contributed by atoms with Crippen LogP contribution >= 0.6 is 0 Å². The van der Waals surface area contributed by atoms with Crippen LogP contribution in [0.4, 0.5) is 0 Å². The van der Waals surface area contributed by atoms with E-state index in [2.05, 4.69) is 37.2 Å². The molecular weight excluding hydrogens is 604 g/mol. The van der Waals surface area contributed by atoms with Gasteiger partial charge >= 0.3 is 5.97 Å². The Kier molecular flexibility index (Phi) is 184. The number of hydrogen-bond acceptors (Lipinski definition) is 7. The second-order valence-electron chi connectivity index (χ2n) is 8.56. The summed E-state index contributed by atoms with van der Waals surface area (Å²) < 4.78 is 23.4. The Bertz CT molecular complexity index is 464. The van der Waals surface area contributed by atoms with Crippen molar-refractivity contribution in [3.8, 4) is 0 Å². The lowest BCUT2D eigenvalue weighted by Crippen LogP contribution is -2.11. The molecule has 312 valence electrons. The Hall–Kier alpha value is -1.28. The van der Waals surface area contributed by atoms with Gasteiger partial charge in [0.15, 0.2) is 6.79 Å². The van der Waals surface area contributed by atoms with Crippen LogP contribution < -0.4 is 0 Å². The molecule has 0 heterocycles. The van der Waals surface area contributed by atoms with Gasteiger partial charge in [0.25, 0.3) is 0 Å². The second kappa shape index (κ2) is 90.9. The summed E-state index contributed by atoms with van der Waals surface area (Å²) in [4.78, 5) is 21.7. The molecule has 2 unspecified atom stereocenters. The highest BCUT2D eigenvalue weighted by Crippen LogP contribution is 2.30. The van der Waals surface area contributed by atoms with Crippen molar-refractivity contribution in [3.63, 3.8) is 0 Å². The third kappa shape index (κ3) is 90.6. The standard InChI is InChI=1S/C10H18O.C6H14O.C5H10O3.C5H10O.C4H10O.11CH4/c1-3-4-5-9-7-6-8(2)10(9)11;1-3-5-6-7-4-2;1-3-5(6)8-4-7-2;1-3-4-5-6-2;1-3-4-5-2;;;;;;;;;;;/h8-9H,3-7H2,1-2H3;3-6H2,1-2H3;3-4H2,1-2H3;3-4H,5H2,1-2H3;3-4H2,1-2H3;11*1H4/b;;;4-3+;;;;;;;;;;;;. The lowest BCUT2D eigenvalue weighted by Gasteiger charge is -2.05. The van der Waals surface area contributed by atoms with Crippen LogP contribution in [0.3, 0.4) is 0 Å². The van der Waals surface area contributed by atoms with Gasteiger partial charge in [0.05, 0.1) is 6.61 Å². The van der Waals surface area contributed by atoms with Crippen molar-refractivity contribution in [2.45, 2.75) is 188 Å². The van der Waals surface area contributed by atoms with Gasteiger partial charge in [-0.1, -0.05) is 148 Å². The van der Waals surface area contributed by atoms with Gasteiger partial charge in [-0.25, -0.2) is 0 Å². The molecule has 0 bridgehead atoms. The quantitative estimate of drug-likeness (QED) is 0.0768. The molecule has 1 fully saturated rings. The Morgan fingerprint density at radius 1 is 0.708 bits per heavy atom. The molecule has 2 atom stereocenters. The van der Waals surface area contributed by atoms with Crippen molar-refractivity contribution < 1.29 is 33.3 Å². The number of esters is 1. The van der Waals surface area contributed by atoms with Crippen molar-refractivity contribution in [1.82, 2.24) is 0 Å². The van der Waals surface area contributed by atoms with Crippen LogP contribution in [0.15, 0.2) is 12.2 Å². The van der Waals surface area contributed by atoms with E-state index in [0.29, 0.717) is 24.0 Å². The highest BCUT2D eigenvalue weighted by molar-refractivity contribution is 5.84. The lowest BCUT2D eigenvalue weighted by molar-refractivity contribution is -0.153. The molecule has 7 heteroatoms. The van der Waals surface area contributed by atoms with Crippen molar-refractivity contribution >= 4 is 11.8 Å². The van der Waals surface area contributed by atoms with Gasteiger partial charge in [-0.15, -0.1) is 0 Å². The number of carbonyl (C=O) groups is 2. The lowest BCUT2D eigenvalue weighted by atomic mass is 9.98. The first-order valence-electron chi connectivity index (χ1n) is 14.2. The number of Topliss-reactive ketones (excluding diaryl/α,β-unsaturated/α-hetero) is 1. The number of methoxy groups -OCH3 is 3. The molecule has 1 aliphatic carbocycles. The molecule has 0 aromatic carbocycles. The first-order valence-corrected chi connectivity index (χ1v) is 14.2. The molecule has 7 nitrogen and oxygen atoms in total. The Morgan fingerprint density at radius 2 is 1.21 bits per heavy atom. The molecule has 48 heavy (non-hydrogen) atoms. The fourth-order valence-electron chi connectivity index (χ4n) is 2.89. The van der Waals surface area contributed by atoms with Crippen molar-refractivity contribution in [1.29, 1.82) is 0 Å². The summed E-state index contributed by atoms with van der Waals surface area (Å²) in [6, 6.07) is 0. The van der Waals surface area contributed by atoms with Crippen LogP contribution in [0.2, 0.25) is 0 Å². The minimum Gasteiger partial charge on any atom is -0.438 e. The van der Waals surface area contributed by atoms with Gasteiger partial charge in [0.1, 0.15) is 5.78 Å². The molecule has 0 aliphatic heterocycles. The molecule has 1 aliphatic rings. The normalized spacial score (nSPS) is 12.2. The average molecular weight is 711 g/mol. The largest absolute Gasteiger partial charge is 0.438 e. The summed E-state index contributed by atoms with van der Waals surface area (Å²) in [5, 5.41) is 0. The van der Waals surface area contributed by atoms with Crippen LogP contribution in [0.5, 0.6) is 0 Å². The van der Waals surface area contributed by atoms with Gasteiger partial charge in [-0.05, 0) is 46.0 Å². The number of unbranched alkanes of at least 4 members (excludes halogenated alkanes) is 2. The van der Waals surface area contributed by atoms with E-state index in [0.717, 1.165) is 52.1 Å². The SMILES string of the molecule is C.C.C.C.C.C.C.C.C.C.C.C/C=C/COC.CCC(=O)OCOC.CCCCC1CCC(C)C1=O.CCCCOCC.CCCOC. The first kappa shape index (κ1) is 97.1.